The van der Waals surface area contributed by atoms with Crippen LogP contribution >= 0.6 is 0 Å². The number of benzene rings is 2. The van der Waals surface area contributed by atoms with Gasteiger partial charge in [0.2, 0.25) is 5.91 Å². The fourth-order valence-corrected chi connectivity index (χ4v) is 2.02. The molecule has 0 spiro atoms. The third-order valence-corrected chi connectivity index (χ3v) is 3.27. The van der Waals surface area contributed by atoms with Gasteiger partial charge in [-0.05, 0) is 30.2 Å². The summed E-state index contributed by atoms with van der Waals surface area (Å²) >= 11 is 0. The van der Waals surface area contributed by atoms with Gasteiger partial charge in [0.05, 0.1) is 7.11 Å². The minimum Gasteiger partial charge on any atom is -0.496 e. The predicted octanol–water partition coefficient (Wildman–Crippen LogP) is 3.33. The molecular formula is C18H19NO2. The zero-order valence-corrected chi connectivity index (χ0v) is 12.3. The fourth-order valence-electron chi connectivity index (χ4n) is 2.02. The number of hydrogen-bond donors (Lipinski definition) is 1. The molecule has 0 heterocycles. The summed E-state index contributed by atoms with van der Waals surface area (Å²) in [5.74, 6) is 0.629. The maximum Gasteiger partial charge on any atom is 0.244 e. The van der Waals surface area contributed by atoms with Crippen LogP contribution in [-0.2, 0) is 11.3 Å². The summed E-state index contributed by atoms with van der Waals surface area (Å²) < 4.78 is 5.24. The predicted molar refractivity (Wildman–Crippen MR) is 85.1 cm³/mol. The number of nitrogens with one attached hydrogen (secondary N) is 1. The number of rotatable bonds is 5. The Labute approximate surface area is 125 Å². The molecule has 0 aliphatic rings. The first kappa shape index (κ1) is 14.9. The largest absolute Gasteiger partial charge is 0.496 e. The van der Waals surface area contributed by atoms with E-state index in [1.165, 1.54) is 11.6 Å². The molecule has 0 atom stereocenters. The third kappa shape index (κ3) is 4.21. The average Bonchev–Trinajstić information content (AvgIpc) is 2.52. The van der Waals surface area contributed by atoms with Crippen LogP contribution in [0.25, 0.3) is 6.08 Å². The van der Waals surface area contributed by atoms with Crippen LogP contribution in [0.1, 0.15) is 16.7 Å². The molecule has 21 heavy (non-hydrogen) atoms. The topological polar surface area (TPSA) is 38.3 Å². The molecule has 3 heteroatoms. The van der Waals surface area contributed by atoms with Gasteiger partial charge in [-0.15, -0.1) is 0 Å². The van der Waals surface area contributed by atoms with Gasteiger partial charge in [-0.25, -0.2) is 0 Å². The zero-order valence-electron chi connectivity index (χ0n) is 12.3. The summed E-state index contributed by atoms with van der Waals surface area (Å²) in [4.78, 5) is 11.9. The van der Waals surface area contributed by atoms with Gasteiger partial charge in [0.1, 0.15) is 5.75 Å². The van der Waals surface area contributed by atoms with E-state index in [-0.39, 0.29) is 5.91 Å². The Balaban J connectivity index is 1.96. The van der Waals surface area contributed by atoms with Gasteiger partial charge in [0.25, 0.3) is 0 Å². The first-order chi connectivity index (χ1) is 10.2. The molecule has 108 valence electrons. The van der Waals surface area contributed by atoms with Crippen molar-refractivity contribution in [3.8, 4) is 5.75 Å². The summed E-state index contributed by atoms with van der Waals surface area (Å²) in [6, 6.07) is 15.6. The minimum absolute atomic E-state index is 0.121. The number of aryl methyl sites for hydroxylation is 1. The number of carbonyl (C=O) groups excluding carboxylic acids is 1. The van der Waals surface area contributed by atoms with E-state index in [9.17, 15) is 4.79 Å². The SMILES string of the molecule is COc1ccccc1C=CC(=O)NCc1ccccc1C. The first-order valence-electron chi connectivity index (χ1n) is 6.84. The lowest BCUT2D eigenvalue weighted by Gasteiger charge is -2.06. The Hall–Kier alpha value is -2.55. The van der Waals surface area contributed by atoms with Crippen LogP contribution < -0.4 is 10.1 Å². The molecule has 2 aromatic rings. The second kappa shape index (κ2) is 7.29. The van der Waals surface area contributed by atoms with Crippen molar-refractivity contribution in [3.05, 3.63) is 71.3 Å². The van der Waals surface area contributed by atoms with Crippen LogP contribution in [0.2, 0.25) is 0 Å². The highest BCUT2D eigenvalue weighted by molar-refractivity contribution is 5.92. The Morgan fingerprint density at radius 2 is 1.86 bits per heavy atom. The maximum absolute atomic E-state index is 11.9. The van der Waals surface area contributed by atoms with Gasteiger partial charge < -0.3 is 10.1 Å². The van der Waals surface area contributed by atoms with Crippen molar-refractivity contribution in [2.75, 3.05) is 7.11 Å². The van der Waals surface area contributed by atoms with Crippen LogP contribution in [0.5, 0.6) is 5.75 Å². The summed E-state index contributed by atoms with van der Waals surface area (Å²) in [6.07, 6.45) is 3.28. The van der Waals surface area contributed by atoms with Crippen LogP contribution in [0, 0.1) is 6.92 Å². The Morgan fingerprint density at radius 1 is 1.14 bits per heavy atom. The molecule has 1 amide bonds. The number of para-hydroxylation sites is 1. The van der Waals surface area contributed by atoms with E-state index in [0.717, 1.165) is 16.9 Å². The van der Waals surface area contributed by atoms with E-state index in [1.54, 1.807) is 13.2 Å². The molecule has 0 saturated heterocycles. The lowest BCUT2D eigenvalue weighted by atomic mass is 10.1. The molecule has 0 radical (unpaired) electrons. The van der Waals surface area contributed by atoms with Crippen molar-refractivity contribution in [1.82, 2.24) is 5.32 Å². The highest BCUT2D eigenvalue weighted by Crippen LogP contribution is 2.18. The molecule has 2 rings (SSSR count). The normalized spacial score (nSPS) is 10.6. The molecule has 0 fully saturated rings. The highest BCUT2D eigenvalue weighted by Gasteiger charge is 2.01. The number of carbonyl (C=O) groups is 1. The van der Waals surface area contributed by atoms with Gasteiger partial charge >= 0.3 is 0 Å². The third-order valence-electron chi connectivity index (χ3n) is 3.27. The van der Waals surface area contributed by atoms with E-state index in [4.69, 9.17) is 4.74 Å². The molecule has 2 aromatic carbocycles. The maximum atomic E-state index is 11.9. The van der Waals surface area contributed by atoms with E-state index >= 15 is 0 Å². The minimum atomic E-state index is -0.121. The van der Waals surface area contributed by atoms with Crippen LogP contribution in [0.4, 0.5) is 0 Å². The monoisotopic (exact) mass is 281 g/mol. The van der Waals surface area contributed by atoms with Crippen molar-refractivity contribution in [2.24, 2.45) is 0 Å². The molecule has 0 aliphatic carbocycles. The van der Waals surface area contributed by atoms with E-state index < -0.39 is 0 Å². The van der Waals surface area contributed by atoms with E-state index in [0.29, 0.717) is 6.54 Å². The van der Waals surface area contributed by atoms with Crippen molar-refractivity contribution in [2.45, 2.75) is 13.5 Å². The summed E-state index contributed by atoms with van der Waals surface area (Å²) in [5.41, 5.74) is 3.18. The molecular weight excluding hydrogens is 262 g/mol. The molecule has 0 bridgehead atoms. The quantitative estimate of drug-likeness (QED) is 0.854. The second-order valence-corrected chi connectivity index (χ2v) is 4.72. The molecule has 3 nitrogen and oxygen atoms in total. The fraction of sp³-hybridized carbons (Fsp3) is 0.167. The van der Waals surface area contributed by atoms with E-state index in [1.807, 2.05) is 55.5 Å². The molecule has 0 aliphatic heterocycles. The summed E-state index contributed by atoms with van der Waals surface area (Å²) in [7, 11) is 1.62. The second-order valence-electron chi connectivity index (χ2n) is 4.72. The lowest BCUT2D eigenvalue weighted by molar-refractivity contribution is -0.116. The highest BCUT2D eigenvalue weighted by atomic mass is 16.5. The smallest absolute Gasteiger partial charge is 0.244 e. The van der Waals surface area contributed by atoms with Crippen LogP contribution in [0.15, 0.2) is 54.6 Å². The number of ether oxygens (including phenoxy) is 1. The van der Waals surface area contributed by atoms with Gasteiger partial charge in [-0.3, -0.25) is 4.79 Å². The Morgan fingerprint density at radius 3 is 2.62 bits per heavy atom. The zero-order chi connectivity index (χ0) is 15.1. The number of hydrogen-bond acceptors (Lipinski definition) is 2. The van der Waals surface area contributed by atoms with Gasteiger partial charge in [-0.1, -0.05) is 42.5 Å². The standard InChI is InChI=1S/C18H19NO2/c1-14-7-3-4-9-16(14)13-19-18(20)12-11-15-8-5-6-10-17(15)21-2/h3-12H,13H2,1-2H3,(H,19,20). The number of methoxy groups -OCH3 is 1. The molecule has 0 unspecified atom stereocenters. The van der Waals surface area contributed by atoms with Gasteiger partial charge in [0.15, 0.2) is 0 Å². The van der Waals surface area contributed by atoms with E-state index in [2.05, 4.69) is 5.32 Å². The number of amides is 1. The van der Waals surface area contributed by atoms with Gasteiger partial charge in [0, 0.05) is 18.2 Å². The van der Waals surface area contributed by atoms with Gasteiger partial charge in [-0.2, -0.15) is 0 Å². The van der Waals surface area contributed by atoms with Crippen molar-refractivity contribution >= 4 is 12.0 Å². The molecule has 0 aromatic heterocycles. The molecule has 0 saturated carbocycles. The first-order valence-corrected chi connectivity index (χ1v) is 6.84. The Kier molecular flexibility index (Phi) is 5.16. The summed E-state index contributed by atoms with van der Waals surface area (Å²) in [5, 5.41) is 2.88. The average molecular weight is 281 g/mol. The van der Waals surface area contributed by atoms with Crippen molar-refractivity contribution in [3.63, 3.8) is 0 Å². The lowest BCUT2D eigenvalue weighted by Crippen LogP contribution is -2.20. The van der Waals surface area contributed by atoms with Crippen molar-refractivity contribution in [1.29, 1.82) is 0 Å². The Bertz CT molecular complexity index is 647. The summed E-state index contributed by atoms with van der Waals surface area (Å²) in [6.45, 7) is 2.56. The van der Waals surface area contributed by atoms with Crippen LogP contribution in [-0.4, -0.2) is 13.0 Å². The van der Waals surface area contributed by atoms with Crippen LogP contribution in [0.3, 0.4) is 0 Å². The van der Waals surface area contributed by atoms with Crippen molar-refractivity contribution < 1.29 is 9.53 Å². The molecule has 1 N–H and O–H groups in total.